The Morgan fingerprint density at radius 3 is 2.26 bits per heavy atom. The molecule has 0 saturated heterocycles. The van der Waals surface area contributed by atoms with Crippen LogP contribution in [0, 0.1) is 0 Å². The lowest BCUT2D eigenvalue weighted by Crippen LogP contribution is -2.30. The summed E-state index contributed by atoms with van der Waals surface area (Å²) in [4.78, 5) is 23.4. The van der Waals surface area contributed by atoms with E-state index >= 15 is 0 Å². The maximum atomic E-state index is 11.9. The molecule has 0 aliphatic carbocycles. The molecule has 1 rings (SSSR count). The number of unbranched alkanes of at least 4 members (excludes halogenated alkanes) is 1. The molecule has 0 heterocycles. The van der Waals surface area contributed by atoms with E-state index in [4.69, 9.17) is 4.74 Å². The number of ether oxygens (including phenoxy) is 1. The number of hydrogen-bond acceptors (Lipinski definition) is 3. The summed E-state index contributed by atoms with van der Waals surface area (Å²) in [6.07, 6.45) is 2.67. The van der Waals surface area contributed by atoms with Gasteiger partial charge in [0.25, 0.3) is 0 Å². The molecule has 0 spiro atoms. The summed E-state index contributed by atoms with van der Waals surface area (Å²) >= 11 is 0. The summed E-state index contributed by atoms with van der Waals surface area (Å²) in [6, 6.07) is 7.85. The highest BCUT2D eigenvalue weighted by molar-refractivity contribution is 5.87. The second kappa shape index (κ2) is 9.46. The van der Waals surface area contributed by atoms with Crippen LogP contribution in [0.3, 0.4) is 0 Å². The van der Waals surface area contributed by atoms with Gasteiger partial charge in [-0.2, -0.15) is 0 Å². The Bertz CT molecular complexity index is 500. The van der Waals surface area contributed by atoms with Gasteiger partial charge < -0.3 is 10.1 Å². The molecule has 0 aliphatic rings. The molecule has 0 unspecified atom stereocenters. The van der Waals surface area contributed by atoms with Crippen molar-refractivity contribution < 1.29 is 14.3 Å². The second-order valence-electron chi connectivity index (χ2n) is 6.81. The second-order valence-corrected chi connectivity index (χ2v) is 6.81. The van der Waals surface area contributed by atoms with Crippen molar-refractivity contribution in [2.45, 2.75) is 65.6 Å². The molecule has 128 valence electrons. The van der Waals surface area contributed by atoms with Gasteiger partial charge in [-0.05, 0) is 38.3 Å². The van der Waals surface area contributed by atoms with Crippen LogP contribution in [0.4, 0.5) is 0 Å². The molecule has 4 heteroatoms. The van der Waals surface area contributed by atoms with Gasteiger partial charge in [0.05, 0.1) is 18.8 Å². The molecule has 1 aromatic carbocycles. The molecule has 1 N–H and O–H groups in total. The van der Waals surface area contributed by atoms with E-state index in [2.05, 4.69) is 5.32 Å². The van der Waals surface area contributed by atoms with Crippen LogP contribution in [-0.2, 0) is 27.4 Å². The maximum absolute atomic E-state index is 11.9. The van der Waals surface area contributed by atoms with Gasteiger partial charge in [-0.25, -0.2) is 0 Å². The van der Waals surface area contributed by atoms with Crippen LogP contribution in [0.25, 0.3) is 0 Å². The molecule has 0 aliphatic heterocycles. The summed E-state index contributed by atoms with van der Waals surface area (Å²) < 4.78 is 5.72. The molecule has 0 bridgehead atoms. The fourth-order valence-corrected chi connectivity index (χ4v) is 1.97. The van der Waals surface area contributed by atoms with Crippen LogP contribution in [0.5, 0.6) is 0 Å². The van der Waals surface area contributed by atoms with E-state index in [1.165, 1.54) is 0 Å². The molecule has 0 saturated carbocycles. The minimum atomic E-state index is -0.162. The fourth-order valence-electron chi connectivity index (χ4n) is 1.97. The molecule has 0 fully saturated rings. The molecule has 23 heavy (non-hydrogen) atoms. The summed E-state index contributed by atoms with van der Waals surface area (Å²) in [5.41, 5.74) is 1.88. The predicted molar refractivity (Wildman–Crippen MR) is 92.2 cm³/mol. The first-order valence-corrected chi connectivity index (χ1v) is 8.30. The molecule has 0 aromatic heterocycles. The number of Topliss-reactive ketones (excluding diaryl/α,β-unsaturated/α-hetero) is 1. The Balaban J connectivity index is 2.36. The van der Waals surface area contributed by atoms with Crippen molar-refractivity contribution in [3.63, 3.8) is 0 Å². The maximum Gasteiger partial charge on any atom is 0.220 e. The van der Waals surface area contributed by atoms with Crippen molar-refractivity contribution in [3.05, 3.63) is 35.4 Å². The highest BCUT2D eigenvalue weighted by atomic mass is 16.5. The van der Waals surface area contributed by atoms with Crippen LogP contribution in [0.15, 0.2) is 24.3 Å². The molecular weight excluding hydrogens is 290 g/mol. The number of rotatable bonds is 9. The zero-order valence-electron chi connectivity index (χ0n) is 14.8. The number of benzene rings is 1. The number of ketones is 1. The smallest absolute Gasteiger partial charge is 0.220 e. The van der Waals surface area contributed by atoms with E-state index in [1.54, 1.807) is 0 Å². The first-order chi connectivity index (χ1) is 10.8. The average molecular weight is 319 g/mol. The van der Waals surface area contributed by atoms with E-state index in [0.717, 1.165) is 24.0 Å². The van der Waals surface area contributed by atoms with E-state index in [1.807, 2.05) is 52.0 Å². The predicted octanol–water partition coefficient (Wildman–Crippen LogP) is 3.42. The molecule has 1 aromatic rings. The molecule has 1 amide bonds. The molecule has 0 atom stereocenters. The summed E-state index contributed by atoms with van der Waals surface area (Å²) in [7, 11) is 0. The molecule has 0 radical (unpaired) electrons. The summed E-state index contributed by atoms with van der Waals surface area (Å²) in [5.74, 6) is -0.0246. The van der Waals surface area contributed by atoms with Crippen LogP contribution < -0.4 is 5.32 Å². The lowest BCUT2D eigenvalue weighted by Gasteiger charge is -2.19. The van der Waals surface area contributed by atoms with Gasteiger partial charge >= 0.3 is 0 Å². The van der Waals surface area contributed by atoms with Gasteiger partial charge in [-0.3, -0.25) is 9.59 Å². The topological polar surface area (TPSA) is 55.4 Å². The van der Waals surface area contributed by atoms with Gasteiger partial charge in [-0.15, -0.1) is 0 Å². The highest BCUT2D eigenvalue weighted by Crippen LogP contribution is 2.13. The first kappa shape index (κ1) is 19.4. The zero-order chi connectivity index (χ0) is 17.3. The standard InChI is InChI=1S/C19H29NO3/c1-5-6-7-18(22)20-13-17(21)12-15-8-10-16(11-9-15)14-23-19(2,3)4/h8-11H,5-7,12-14H2,1-4H3,(H,20,22). The van der Waals surface area contributed by atoms with E-state index in [9.17, 15) is 9.59 Å². The van der Waals surface area contributed by atoms with E-state index in [0.29, 0.717) is 19.4 Å². The van der Waals surface area contributed by atoms with Crippen molar-refractivity contribution in [3.8, 4) is 0 Å². The average Bonchev–Trinajstić information content (AvgIpc) is 2.49. The van der Waals surface area contributed by atoms with Gasteiger partial charge in [0.2, 0.25) is 5.91 Å². The molecule has 4 nitrogen and oxygen atoms in total. The number of nitrogens with one attached hydrogen (secondary N) is 1. The third-order valence-corrected chi connectivity index (χ3v) is 3.34. The third-order valence-electron chi connectivity index (χ3n) is 3.34. The van der Waals surface area contributed by atoms with Gasteiger partial charge in [-0.1, -0.05) is 37.6 Å². The monoisotopic (exact) mass is 319 g/mol. The van der Waals surface area contributed by atoms with E-state index in [-0.39, 0.29) is 23.8 Å². The van der Waals surface area contributed by atoms with Crippen LogP contribution >= 0.6 is 0 Å². The molecular formula is C19H29NO3. The Kier molecular flexibility index (Phi) is 7.96. The number of carbonyl (C=O) groups is 2. The van der Waals surface area contributed by atoms with Crippen molar-refractivity contribution in [1.82, 2.24) is 5.32 Å². The van der Waals surface area contributed by atoms with Crippen molar-refractivity contribution >= 4 is 11.7 Å². The number of carbonyl (C=O) groups excluding carboxylic acids is 2. The Morgan fingerprint density at radius 2 is 1.70 bits per heavy atom. The van der Waals surface area contributed by atoms with Crippen molar-refractivity contribution in [1.29, 1.82) is 0 Å². The van der Waals surface area contributed by atoms with Gasteiger partial charge in [0, 0.05) is 12.8 Å². The zero-order valence-corrected chi connectivity index (χ0v) is 14.8. The van der Waals surface area contributed by atoms with Crippen LogP contribution in [0.2, 0.25) is 0 Å². The summed E-state index contributed by atoms with van der Waals surface area (Å²) in [6.45, 7) is 8.77. The number of amides is 1. The lowest BCUT2D eigenvalue weighted by atomic mass is 10.1. The minimum Gasteiger partial charge on any atom is -0.371 e. The normalized spacial score (nSPS) is 11.3. The van der Waals surface area contributed by atoms with Crippen LogP contribution in [0.1, 0.15) is 58.1 Å². The van der Waals surface area contributed by atoms with Gasteiger partial charge in [0.1, 0.15) is 0 Å². The largest absolute Gasteiger partial charge is 0.371 e. The SMILES string of the molecule is CCCCC(=O)NCC(=O)Cc1ccc(COC(C)(C)C)cc1. The first-order valence-electron chi connectivity index (χ1n) is 8.30. The Hall–Kier alpha value is -1.68. The van der Waals surface area contributed by atoms with Crippen LogP contribution in [-0.4, -0.2) is 23.8 Å². The number of hydrogen-bond donors (Lipinski definition) is 1. The Labute approximate surface area is 139 Å². The highest BCUT2D eigenvalue weighted by Gasteiger charge is 2.10. The van der Waals surface area contributed by atoms with Crippen molar-refractivity contribution in [2.75, 3.05) is 6.54 Å². The van der Waals surface area contributed by atoms with E-state index < -0.39 is 0 Å². The fraction of sp³-hybridized carbons (Fsp3) is 0.579. The lowest BCUT2D eigenvalue weighted by molar-refractivity contribution is -0.125. The minimum absolute atomic E-state index is 0.0218. The third kappa shape index (κ3) is 9.14. The Morgan fingerprint density at radius 1 is 1.09 bits per heavy atom. The quantitative estimate of drug-likeness (QED) is 0.759. The summed E-state index contributed by atoms with van der Waals surface area (Å²) in [5, 5.41) is 2.68. The van der Waals surface area contributed by atoms with Crippen molar-refractivity contribution in [2.24, 2.45) is 0 Å². The van der Waals surface area contributed by atoms with Gasteiger partial charge in [0.15, 0.2) is 5.78 Å².